The Hall–Kier alpha value is -4.39. The van der Waals surface area contributed by atoms with Crippen LogP contribution in [0.3, 0.4) is 0 Å². The number of nitrogens with one attached hydrogen (secondary N) is 1. The van der Waals surface area contributed by atoms with Gasteiger partial charge in [-0.3, -0.25) is 14.4 Å². The highest BCUT2D eigenvalue weighted by atomic mass is 16.5. The van der Waals surface area contributed by atoms with Gasteiger partial charge in [-0.25, -0.2) is 0 Å². The van der Waals surface area contributed by atoms with Gasteiger partial charge in [-0.1, -0.05) is 48.5 Å². The number of nitrogens with zero attached hydrogens (tertiary/aromatic N) is 1. The van der Waals surface area contributed by atoms with Crippen molar-refractivity contribution >= 4 is 34.2 Å². The maximum atomic E-state index is 13.4. The highest BCUT2D eigenvalue weighted by Crippen LogP contribution is 2.32. The normalized spacial score (nSPS) is 12.7. The number of furan rings is 1. The van der Waals surface area contributed by atoms with Crippen molar-refractivity contribution in [2.24, 2.45) is 0 Å². The molecule has 0 spiro atoms. The van der Waals surface area contributed by atoms with Crippen LogP contribution in [0.15, 0.2) is 77.2 Å². The van der Waals surface area contributed by atoms with Gasteiger partial charge in [-0.05, 0) is 42.0 Å². The summed E-state index contributed by atoms with van der Waals surface area (Å²) in [6.45, 7) is 3.09. The monoisotopic (exact) mass is 496 g/mol. The molecule has 7 heteroatoms. The lowest BCUT2D eigenvalue weighted by Crippen LogP contribution is -2.35. The summed E-state index contributed by atoms with van der Waals surface area (Å²) >= 11 is 0. The summed E-state index contributed by atoms with van der Waals surface area (Å²) < 4.78 is 11.0. The summed E-state index contributed by atoms with van der Waals surface area (Å²) in [5.41, 5.74) is 3.13. The zero-order chi connectivity index (χ0) is 25.8. The van der Waals surface area contributed by atoms with Crippen molar-refractivity contribution in [2.75, 3.05) is 18.5 Å². The van der Waals surface area contributed by atoms with Crippen LogP contribution in [0.25, 0.3) is 22.1 Å². The van der Waals surface area contributed by atoms with Crippen molar-refractivity contribution in [3.05, 3.63) is 89.7 Å². The van der Waals surface area contributed by atoms with Gasteiger partial charge in [0.2, 0.25) is 5.91 Å². The van der Waals surface area contributed by atoms with Gasteiger partial charge in [0.25, 0.3) is 5.91 Å². The summed E-state index contributed by atoms with van der Waals surface area (Å²) in [4.78, 5) is 39.0. The first kappa shape index (κ1) is 24.3. The Labute approximate surface area is 215 Å². The van der Waals surface area contributed by atoms with Crippen molar-refractivity contribution in [1.29, 1.82) is 0 Å². The lowest BCUT2D eigenvalue weighted by atomic mass is 10.0. The summed E-state index contributed by atoms with van der Waals surface area (Å²) in [6, 6.07) is 23.1. The molecule has 2 heterocycles. The molecule has 188 valence electrons. The van der Waals surface area contributed by atoms with E-state index in [2.05, 4.69) is 5.32 Å². The number of fused-ring (bicyclic) bond motifs is 2. The molecule has 0 bridgehead atoms. The number of hydrogen-bond acceptors (Lipinski definition) is 5. The maximum absolute atomic E-state index is 13.4. The molecule has 3 aromatic carbocycles. The number of anilines is 1. The van der Waals surface area contributed by atoms with E-state index in [1.54, 1.807) is 13.0 Å². The van der Waals surface area contributed by atoms with E-state index >= 15 is 0 Å². The Kier molecular flexibility index (Phi) is 7.03. The molecular formula is C30H28N2O5. The lowest BCUT2D eigenvalue weighted by molar-refractivity contribution is -0.144. The van der Waals surface area contributed by atoms with Gasteiger partial charge in [0, 0.05) is 48.3 Å². The number of carbonyl (C=O) groups is 3. The summed E-state index contributed by atoms with van der Waals surface area (Å²) in [7, 11) is 0. The molecule has 0 radical (unpaired) electrons. The molecule has 1 aliphatic heterocycles. The molecule has 0 unspecified atom stereocenters. The van der Waals surface area contributed by atoms with Gasteiger partial charge in [-0.15, -0.1) is 0 Å². The zero-order valence-corrected chi connectivity index (χ0v) is 20.7. The van der Waals surface area contributed by atoms with Crippen LogP contribution in [0.2, 0.25) is 0 Å². The van der Waals surface area contributed by atoms with Crippen LogP contribution in [-0.2, 0) is 27.3 Å². The second-order valence-corrected chi connectivity index (χ2v) is 9.00. The van der Waals surface area contributed by atoms with Crippen molar-refractivity contribution in [3.63, 3.8) is 0 Å². The fourth-order valence-corrected chi connectivity index (χ4v) is 4.65. The standard InChI is InChI=1S/C30H28N2O5/c1-2-36-29(34)14-13-28(33)31-23-10-5-9-21(17-23)27-18-22-19-32(16-15-26(22)37-27)30(35)25-12-6-8-20-7-3-4-11-24(20)25/h3-12,17-18H,2,13-16,19H2,1H3,(H,31,33). The van der Waals surface area contributed by atoms with Crippen molar-refractivity contribution < 1.29 is 23.5 Å². The van der Waals surface area contributed by atoms with Crippen molar-refractivity contribution in [3.8, 4) is 11.3 Å². The quantitative estimate of drug-likeness (QED) is 0.338. The van der Waals surface area contributed by atoms with E-state index in [4.69, 9.17) is 9.15 Å². The molecule has 1 N–H and O–H groups in total. The number of rotatable bonds is 7. The first-order valence-corrected chi connectivity index (χ1v) is 12.5. The van der Waals surface area contributed by atoms with Crippen LogP contribution in [0.5, 0.6) is 0 Å². The van der Waals surface area contributed by atoms with Crippen LogP contribution in [0.1, 0.15) is 41.4 Å². The molecule has 37 heavy (non-hydrogen) atoms. The molecule has 1 aliphatic rings. The molecule has 5 rings (SSSR count). The van der Waals surface area contributed by atoms with Gasteiger partial charge < -0.3 is 19.4 Å². The van der Waals surface area contributed by atoms with Crippen molar-refractivity contribution in [1.82, 2.24) is 4.90 Å². The van der Waals surface area contributed by atoms with Gasteiger partial charge in [-0.2, -0.15) is 0 Å². The number of hydrogen-bond donors (Lipinski definition) is 1. The predicted molar refractivity (Wildman–Crippen MR) is 141 cm³/mol. The molecule has 0 atom stereocenters. The minimum absolute atomic E-state index is 0.0118. The molecule has 1 aromatic heterocycles. The third kappa shape index (κ3) is 5.40. The van der Waals surface area contributed by atoms with E-state index in [9.17, 15) is 14.4 Å². The van der Waals surface area contributed by atoms with Crippen LogP contribution in [-0.4, -0.2) is 35.8 Å². The first-order valence-electron chi connectivity index (χ1n) is 12.5. The Morgan fingerprint density at radius 3 is 2.65 bits per heavy atom. The van der Waals surface area contributed by atoms with E-state index in [0.717, 1.165) is 27.7 Å². The van der Waals surface area contributed by atoms with Crippen molar-refractivity contribution in [2.45, 2.75) is 32.7 Å². The molecule has 2 amide bonds. The molecule has 0 aliphatic carbocycles. The second kappa shape index (κ2) is 10.7. The van der Waals surface area contributed by atoms with E-state index in [0.29, 0.717) is 43.1 Å². The minimum Gasteiger partial charge on any atom is -0.466 e. The Balaban J connectivity index is 1.28. The van der Waals surface area contributed by atoms with Crippen LogP contribution < -0.4 is 5.32 Å². The number of esters is 1. The van der Waals surface area contributed by atoms with E-state index < -0.39 is 0 Å². The highest BCUT2D eigenvalue weighted by Gasteiger charge is 2.26. The van der Waals surface area contributed by atoms with E-state index in [1.807, 2.05) is 71.6 Å². The zero-order valence-electron chi connectivity index (χ0n) is 20.7. The van der Waals surface area contributed by atoms with Crippen LogP contribution >= 0.6 is 0 Å². The van der Waals surface area contributed by atoms with Crippen LogP contribution in [0.4, 0.5) is 5.69 Å². The molecule has 0 saturated carbocycles. The second-order valence-electron chi connectivity index (χ2n) is 9.00. The van der Waals surface area contributed by atoms with Gasteiger partial charge in [0.1, 0.15) is 11.5 Å². The topological polar surface area (TPSA) is 88.8 Å². The number of benzene rings is 3. The van der Waals surface area contributed by atoms with Crippen LogP contribution in [0, 0.1) is 0 Å². The Bertz CT molecular complexity index is 1470. The summed E-state index contributed by atoms with van der Waals surface area (Å²) in [5.74, 6) is 0.928. The molecule has 0 saturated heterocycles. The average molecular weight is 497 g/mol. The average Bonchev–Trinajstić information content (AvgIpc) is 3.35. The maximum Gasteiger partial charge on any atom is 0.306 e. The number of amides is 2. The Morgan fingerprint density at radius 1 is 0.973 bits per heavy atom. The minimum atomic E-state index is -0.388. The largest absolute Gasteiger partial charge is 0.466 e. The highest BCUT2D eigenvalue weighted by molar-refractivity contribution is 6.07. The van der Waals surface area contributed by atoms with E-state index in [-0.39, 0.29) is 30.6 Å². The van der Waals surface area contributed by atoms with Gasteiger partial charge in [0.05, 0.1) is 13.0 Å². The van der Waals surface area contributed by atoms with Gasteiger partial charge >= 0.3 is 5.97 Å². The molecule has 4 aromatic rings. The number of carbonyl (C=O) groups excluding carboxylic acids is 3. The fraction of sp³-hybridized carbons (Fsp3) is 0.233. The molecule has 7 nitrogen and oxygen atoms in total. The smallest absolute Gasteiger partial charge is 0.306 e. The summed E-state index contributed by atoms with van der Waals surface area (Å²) in [6.07, 6.45) is 0.729. The predicted octanol–water partition coefficient (Wildman–Crippen LogP) is 5.58. The third-order valence-corrected chi connectivity index (χ3v) is 6.47. The molecular weight excluding hydrogens is 468 g/mol. The Morgan fingerprint density at radius 2 is 1.78 bits per heavy atom. The SMILES string of the molecule is CCOC(=O)CCC(=O)Nc1cccc(-c2cc3c(o2)CCN(C(=O)c2cccc4ccccc24)C3)c1. The third-order valence-electron chi connectivity index (χ3n) is 6.47. The summed E-state index contributed by atoms with van der Waals surface area (Å²) in [5, 5.41) is 4.82. The lowest BCUT2D eigenvalue weighted by Gasteiger charge is -2.26. The number of ether oxygens (including phenoxy) is 1. The van der Waals surface area contributed by atoms with Gasteiger partial charge in [0.15, 0.2) is 0 Å². The van der Waals surface area contributed by atoms with E-state index in [1.165, 1.54) is 0 Å². The fourth-order valence-electron chi connectivity index (χ4n) is 4.65. The molecule has 0 fully saturated rings. The first-order chi connectivity index (χ1) is 18.0.